The fourth-order valence-electron chi connectivity index (χ4n) is 2.39. The van der Waals surface area contributed by atoms with Gasteiger partial charge in [0.25, 0.3) is 0 Å². The summed E-state index contributed by atoms with van der Waals surface area (Å²) in [5.41, 5.74) is 3.13. The van der Waals surface area contributed by atoms with Gasteiger partial charge in [-0.05, 0) is 42.7 Å². The summed E-state index contributed by atoms with van der Waals surface area (Å²) < 4.78 is 13.5. The molecule has 1 aliphatic rings. The number of carbonyl (C=O) groups excluding carboxylic acids is 1. The monoisotopic (exact) mass is 285 g/mol. The van der Waals surface area contributed by atoms with Gasteiger partial charge >= 0.3 is 6.03 Å². The van der Waals surface area contributed by atoms with Gasteiger partial charge in [-0.25, -0.2) is 9.18 Å². The number of hydrogen-bond acceptors (Lipinski definition) is 2. The minimum absolute atomic E-state index is 0.158. The zero-order valence-electron chi connectivity index (χ0n) is 11.4. The molecule has 21 heavy (non-hydrogen) atoms. The number of para-hydroxylation sites is 1. The molecule has 3 rings (SSSR count). The van der Waals surface area contributed by atoms with E-state index in [1.165, 1.54) is 17.7 Å². The molecular formula is C16H16FN3O. The molecule has 0 unspecified atom stereocenters. The molecular weight excluding hydrogens is 269 g/mol. The summed E-state index contributed by atoms with van der Waals surface area (Å²) in [6.45, 7) is 0.942. The molecule has 0 saturated carbocycles. The number of fused-ring (bicyclic) bond motifs is 1. The average molecular weight is 285 g/mol. The van der Waals surface area contributed by atoms with Crippen molar-refractivity contribution in [3.8, 4) is 0 Å². The van der Waals surface area contributed by atoms with E-state index in [-0.39, 0.29) is 5.69 Å². The number of halogens is 1. The van der Waals surface area contributed by atoms with Gasteiger partial charge in [-0.1, -0.05) is 18.2 Å². The summed E-state index contributed by atoms with van der Waals surface area (Å²) in [6.07, 6.45) is 2.16. The summed E-state index contributed by atoms with van der Waals surface area (Å²) in [4.78, 5) is 11.9. The molecule has 2 aromatic rings. The fraction of sp³-hybridized carbons (Fsp3) is 0.188. The summed E-state index contributed by atoms with van der Waals surface area (Å²) in [7, 11) is 0. The Kier molecular flexibility index (Phi) is 3.73. The van der Waals surface area contributed by atoms with Gasteiger partial charge in [0, 0.05) is 17.9 Å². The Morgan fingerprint density at radius 1 is 1.14 bits per heavy atom. The molecule has 0 aromatic heterocycles. The molecule has 0 atom stereocenters. The second-order valence-corrected chi connectivity index (χ2v) is 4.96. The lowest BCUT2D eigenvalue weighted by atomic mass is 10.0. The first-order valence-corrected chi connectivity index (χ1v) is 6.92. The Hall–Kier alpha value is -2.56. The Morgan fingerprint density at radius 2 is 2.00 bits per heavy atom. The van der Waals surface area contributed by atoms with Crippen molar-refractivity contribution in [3.63, 3.8) is 0 Å². The molecule has 0 fully saturated rings. The zero-order valence-corrected chi connectivity index (χ0v) is 11.4. The second kappa shape index (κ2) is 5.83. The van der Waals surface area contributed by atoms with Crippen molar-refractivity contribution < 1.29 is 9.18 Å². The van der Waals surface area contributed by atoms with Crippen LogP contribution in [0.25, 0.3) is 0 Å². The minimum atomic E-state index is -0.462. The predicted molar refractivity (Wildman–Crippen MR) is 82.3 cm³/mol. The number of anilines is 3. The van der Waals surface area contributed by atoms with Crippen LogP contribution in [-0.4, -0.2) is 12.6 Å². The minimum Gasteiger partial charge on any atom is -0.385 e. The lowest BCUT2D eigenvalue weighted by Gasteiger charge is -2.19. The third-order valence-electron chi connectivity index (χ3n) is 3.43. The van der Waals surface area contributed by atoms with Crippen LogP contribution in [-0.2, 0) is 6.42 Å². The van der Waals surface area contributed by atoms with Gasteiger partial charge in [-0.15, -0.1) is 0 Å². The van der Waals surface area contributed by atoms with Crippen molar-refractivity contribution in [2.45, 2.75) is 12.8 Å². The maximum atomic E-state index is 13.5. The summed E-state index contributed by atoms with van der Waals surface area (Å²) >= 11 is 0. The van der Waals surface area contributed by atoms with E-state index < -0.39 is 11.8 Å². The first-order chi connectivity index (χ1) is 10.2. The van der Waals surface area contributed by atoms with E-state index >= 15 is 0 Å². The largest absolute Gasteiger partial charge is 0.385 e. The molecule has 1 heterocycles. The number of nitrogens with one attached hydrogen (secondary N) is 3. The van der Waals surface area contributed by atoms with E-state index in [4.69, 9.17) is 0 Å². The highest BCUT2D eigenvalue weighted by atomic mass is 19.1. The van der Waals surface area contributed by atoms with Gasteiger partial charge in [-0.3, -0.25) is 0 Å². The van der Waals surface area contributed by atoms with E-state index in [0.717, 1.165) is 25.1 Å². The molecule has 0 spiro atoms. The summed E-state index contributed by atoms with van der Waals surface area (Å²) in [5.74, 6) is -0.459. The third-order valence-corrected chi connectivity index (χ3v) is 3.43. The zero-order chi connectivity index (χ0) is 14.7. The number of rotatable bonds is 2. The van der Waals surface area contributed by atoms with Gasteiger partial charge in [0.2, 0.25) is 0 Å². The Morgan fingerprint density at radius 3 is 2.86 bits per heavy atom. The molecule has 2 amide bonds. The van der Waals surface area contributed by atoms with Crippen LogP contribution in [0.5, 0.6) is 0 Å². The molecule has 5 heteroatoms. The van der Waals surface area contributed by atoms with E-state index in [1.54, 1.807) is 12.1 Å². The molecule has 0 saturated heterocycles. The lowest BCUT2D eigenvalue weighted by molar-refractivity contribution is 0.262. The van der Waals surface area contributed by atoms with Crippen molar-refractivity contribution in [2.75, 3.05) is 22.5 Å². The molecule has 0 radical (unpaired) electrons. The first kappa shape index (κ1) is 13.4. The molecule has 1 aliphatic heterocycles. The van der Waals surface area contributed by atoms with E-state index in [2.05, 4.69) is 16.0 Å². The topological polar surface area (TPSA) is 53.2 Å². The van der Waals surface area contributed by atoms with Gasteiger partial charge in [0.1, 0.15) is 5.82 Å². The van der Waals surface area contributed by atoms with Crippen LogP contribution in [0.1, 0.15) is 12.0 Å². The molecule has 0 aliphatic carbocycles. The van der Waals surface area contributed by atoms with Crippen LogP contribution in [0, 0.1) is 5.82 Å². The smallest absolute Gasteiger partial charge is 0.323 e. The van der Waals surface area contributed by atoms with E-state index in [1.807, 2.05) is 18.2 Å². The fourth-order valence-corrected chi connectivity index (χ4v) is 2.39. The van der Waals surface area contributed by atoms with Crippen molar-refractivity contribution in [3.05, 3.63) is 53.8 Å². The maximum Gasteiger partial charge on any atom is 0.323 e. The molecule has 4 nitrogen and oxygen atoms in total. The van der Waals surface area contributed by atoms with Crippen molar-refractivity contribution >= 4 is 23.1 Å². The number of benzene rings is 2. The van der Waals surface area contributed by atoms with Crippen LogP contribution >= 0.6 is 0 Å². The second-order valence-electron chi connectivity index (χ2n) is 4.96. The predicted octanol–water partition coefficient (Wildman–Crippen LogP) is 3.83. The number of carbonyl (C=O) groups is 1. The van der Waals surface area contributed by atoms with Gasteiger partial charge in [0.15, 0.2) is 0 Å². The lowest BCUT2D eigenvalue weighted by Crippen LogP contribution is -2.20. The SMILES string of the molecule is O=C(Nc1ccc2c(c1)NCCC2)Nc1ccccc1F. The number of urea groups is 1. The molecule has 0 bridgehead atoms. The van der Waals surface area contributed by atoms with E-state index in [0.29, 0.717) is 5.69 Å². The first-order valence-electron chi connectivity index (χ1n) is 6.92. The average Bonchev–Trinajstić information content (AvgIpc) is 2.49. The number of hydrogen-bond donors (Lipinski definition) is 3. The highest BCUT2D eigenvalue weighted by Crippen LogP contribution is 2.25. The third kappa shape index (κ3) is 3.13. The van der Waals surface area contributed by atoms with Crippen molar-refractivity contribution in [1.29, 1.82) is 0 Å². The normalized spacial score (nSPS) is 13.0. The Bertz CT molecular complexity index is 672. The highest BCUT2D eigenvalue weighted by molar-refractivity contribution is 6.00. The van der Waals surface area contributed by atoms with Crippen molar-refractivity contribution in [1.82, 2.24) is 0 Å². The maximum absolute atomic E-state index is 13.5. The van der Waals surface area contributed by atoms with Crippen LogP contribution in [0.3, 0.4) is 0 Å². The van der Waals surface area contributed by atoms with Gasteiger partial charge in [-0.2, -0.15) is 0 Å². The summed E-state index contributed by atoms with van der Waals surface area (Å²) in [5, 5.41) is 8.51. The molecule has 108 valence electrons. The number of amides is 2. The van der Waals surface area contributed by atoms with Gasteiger partial charge in [0.05, 0.1) is 5.69 Å². The van der Waals surface area contributed by atoms with Crippen LogP contribution in [0.15, 0.2) is 42.5 Å². The van der Waals surface area contributed by atoms with Crippen molar-refractivity contribution in [2.24, 2.45) is 0 Å². The molecule has 3 N–H and O–H groups in total. The quantitative estimate of drug-likeness (QED) is 0.785. The summed E-state index contributed by atoms with van der Waals surface area (Å²) in [6, 6.07) is 11.4. The van der Waals surface area contributed by atoms with E-state index in [9.17, 15) is 9.18 Å². The Labute approximate surface area is 122 Å². The Balaban J connectivity index is 1.69. The van der Waals surface area contributed by atoms with Crippen LogP contribution in [0.4, 0.5) is 26.2 Å². The molecule has 2 aromatic carbocycles. The number of aryl methyl sites for hydroxylation is 1. The van der Waals surface area contributed by atoms with Crippen LogP contribution < -0.4 is 16.0 Å². The highest BCUT2D eigenvalue weighted by Gasteiger charge is 2.11. The standard InChI is InChI=1S/C16H16FN3O/c17-13-5-1-2-6-14(13)20-16(21)19-12-8-7-11-4-3-9-18-15(11)10-12/h1-2,5-8,10,18H,3-4,9H2,(H2,19,20,21). The van der Waals surface area contributed by atoms with Crippen LogP contribution in [0.2, 0.25) is 0 Å². The van der Waals surface area contributed by atoms with Gasteiger partial charge < -0.3 is 16.0 Å².